The molecule has 0 saturated heterocycles. The van der Waals surface area contributed by atoms with Crippen LogP contribution in [0.3, 0.4) is 0 Å². The maximum Gasteiger partial charge on any atom is 0.414 e. The van der Waals surface area contributed by atoms with Gasteiger partial charge in [-0.3, -0.25) is 0 Å². The van der Waals surface area contributed by atoms with Crippen LogP contribution in [-0.4, -0.2) is 30.0 Å². The zero-order chi connectivity index (χ0) is 12.8. The van der Waals surface area contributed by atoms with Gasteiger partial charge in [0.25, 0.3) is 0 Å². The van der Waals surface area contributed by atoms with Crippen molar-refractivity contribution in [1.29, 1.82) is 0 Å². The van der Waals surface area contributed by atoms with Crippen molar-refractivity contribution in [3.8, 4) is 0 Å². The fourth-order valence-electron chi connectivity index (χ4n) is 1.10. The molecule has 16 heavy (non-hydrogen) atoms. The number of aliphatic hydroxyl groups excluding tert-OH is 1. The number of ether oxygens (including phenoxy) is 1. The second-order valence-electron chi connectivity index (χ2n) is 3.17. The largest absolute Gasteiger partial charge is 0.463 e. The predicted octanol–water partition coefficient (Wildman–Crippen LogP) is 2.06. The van der Waals surface area contributed by atoms with Gasteiger partial charge >= 0.3 is 12.1 Å². The summed E-state index contributed by atoms with van der Waals surface area (Å²) in [5.74, 6) is -1.85. The van der Waals surface area contributed by atoms with Crippen molar-refractivity contribution in [2.24, 2.45) is 5.92 Å². The lowest BCUT2D eigenvalue weighted by molar-refractivity contribution is -0.214. The number of carbonyl (C=O) groups excluding carboxylic acids is 1. The van der Waals surface area contributed by atoms with Gasteiger partial charge in [0, 0.05) is 12.0 Å². The van der Waals surface area contributed by atoms with E-state index in [4.69, 9.17) is 5.11 Å². The lowest BCUT2D eigenvalue weighted by atomic mass is 9.98. The molecule has 94 valence electrons. The van der Waals surface area contributed by atoms with Gasteiger partial charge in [0.15, 0.2) is 6.10 Å². The fraction of sp³-hybridized carbons (Fsp3) is 0.700. The van der Waals surface area contributed by atoms with Crippen molar-refractivity contribution in [2.75, 3.05) is 6.61 Å². The molecule has 0 aromatic rings. The van der Waals surface area contributed by atoms with Crippen LogP contribution in [0.25, 0.3) is 0 Å². The Morgan fingerprint density at radius 3 is 2.38 bits per heavy atom. The van der Waals surface area contributed by atoms with Crippen LogP contribution >= 0.6 is 0 Å². The monoisotopic (exact) mass is 240 g/mol. The van der Waals surface area contributed by atoms with Gasteiger partial charge in [-0.2, -0.15) is 13.2 Å². The molecule has 0 rings (SSSR count). The van der Waals surface area contributed by atoms with Crippen molar-refractivity contribution >= 4 is 5.97 Å². The van der Waals surface area contributed by atoms with E-state index >= 15 is 0 Å². The third-order valence-corrected chi connectivity index (χ3v) is 1.98. The highest BCUT2D eigenvalue weighted by molar-refractivity contribution is 5.81. The second kappa shape index (κ2) is 6.52. The van der Waals surface area contributed by atoms with Crippen LogP contribution in [0.4, 0.5) is 13.2 Å². The Balaban J connectivity index is 4.46. The van der Waals surface area contributed by atoms with Gasteiger partial charge in [-0.15, -0.1) is 0 Å². The minimum Gasteiger partial charge on any atom is -0.463 e. The number of esters is 1. The van der Waals surface area contributed by atoms with Crippen molar-refractivity contribution in [1.82, 2.24) is 0 Å². The lowest BCUT2D eigenvalue weighted by Gasteiger charge is -2.20. The molecule has 0 aromatic heterocycles. The molecule has 0 fully saturated rings. The molecule has 0 bridgehead atoms. The summed E-state index contributed by atoms with van der Waals surface area (Å²) >= 11 is 0. The van der Waals surface area contributed by atoms with Crippen LogP contribution < -0.4 is 0 Å². The maximum absolute atomic E-state index is 12.2. The Morgan fingerprint density at radius 1 is 1.44 bits per heavy atom. The van der Waals surface area contributed by atoms with Crippen LogP contribution in [0.15, 0.2) is 12.2 Å². The van der Waals surface area contributed by atoms with Crippen LogP contribution in [0.5, 0.6) is 0 Å². The summed E-state index contributed by atoms with van der Waals surface area (Å²) in [5, 5.41) is 8.96. The highest BCUT2D eigenvalue weighted by atomic mass is 19.4. The van der Waals surface area contributed by atoms with Gasteiger partial charge in [-0.25, -0.2) is 4.79 Å². The van der Waals surface area contributed by atoms with E-state index in [1.54, 1.807) is 6.92 Å². The number of carbonyl (C=O) groups is 1. The first kappa shape index (κ1) is 15.0. The first-order valence-corrected chi connectivity index (χ1v) is 4.92. The molecule has 0 unspecified atom stereocenters. The summed E-state index contributed by atoms with van der Waals surface area (Å²) in [6, 6.07) is 0. The molecular formula is C10H15F3O3. The van der Waals surface area contributed by atoms with Crippen LogP contribution in [-0.2, 0) is 9.53 Å². The van der Waals surface area contributed by atoms with Crippen molar-refractivity contribution in [2.45, 2.75) is 32.5 Å². The topological polar surface area (TPSA) is 46.5 Å². The summed E-state index contributed by atoms with van der Waals surface area (Å²) in [4.78, 5) is 10.9. The third-order valence-electron chi connectivity index (χ3n) is 1.98. The van der Waals surface area contributed by atoms with E-state index in [2.05, 4.69) is 4.74 Å². The zero-order valence-electron chi connectivity index (χ0n) is 9.12. The zero-order valence-corrected chi connectivity index (χ0v) is 9.12. The maximum atomic E-state index is 12.2. The molecule has 0 amide bonds. The van der Waals surface area contributed by atoms with Crippen LogP contribution in [0, 0.1) is 5.92 Å². The molecule has 0 aromatic carbocycles. The van der Waals surface area contributed by atoms with Crippen LogP contribution in [0.2, 0.25) is 0 Å². The SMILES string of the molecule is CCOC(=O)/C=C/[C@@H](CC)[C@@H](O)C(F)(F)F. The molecule has 1 N–H and O–H groups in total. The van der Waals surface area contributed by atoms with E-state index in [9.17, 15) is 18.0 Å². The molecule has 2 atom stereocenters. The van der Waals surface area contributed by atoms with Crippen molar-refractivity contribution in [3.05, 3.63) is 12.2 Å². The number of halogens is 3. The third kappa shape index (κ3) is 5.16. The smallest absolute Gasteiger partial charge is 0.414 e. The van der Waals surface area contributed by atoms with Gasteiger partial charge in [0.2, 0.25) is 0 Å². The fourth-order valence-corrected chi connectivity index (χ4v) is 1.10. The normalized spacial score (nSPS) is 16.1. The summed E-state index contributed by atoms with van der Waals surface area (Å²) in [5.41, 5.74) is 0. The molecule has 0 spiro atoms. The number of hydrogen-bond acceptors (Lipinski definition) is 3. The Hall–Kier alpha value is -1.04. The summed E-state index contributed by atoms with van der Waals surface area (Å²) in [6.07, 6.45) is -5.12. The Bertz CT molecular complexity index is 248. The first-order valence-electron chi connectivity index (χ1n) is 4.92. The van der Waals surface area contributed by atoms with E-state index in [1.807, 2.05) is 0 Å². The van der Waals surface area contributed by atoms with E-state index in [-0.39, 0.29) is 13.0 Å². The van der Waals surface area contributed by atoms with Gasteiger partial charge in [0.05, 0.1) is 6.61 Å². The number of aliphatic hydroxyl groups is 1. The number of rotatable bonds is 5. The van der Waals surface area contributed by atoms with Crippen LogP contribution in [0.1, 0.15) is 20.3 Å². The lowest BCUT2D eigenvalue weighted by Crippen LogP contribution is -2.34. The summed E-state index contributed by atoms with van der Waals surface area (Å²) in [6.45, 7) is 3.24. The average molecular weight is 240 g/mol. The van der Waals surface area contributed by atoms with Crippen molar-refractivity contribution in [3.63, 3.8) is 0 Å². The minimum atomic E-state index is -4.68. The molecule has 0 aliphatic heterocycles. The van der Waals surface area contributed by atoms with Gasteiger partial charge in [-0.05, 0) is 13.3 Å². The van der Waals surface area contributed by atoms with Gasteiger partial charge < -0.3 is 9.84 Å². The Kier molecular flexibility index (Phi) is 6.10. The Morgan fingerprint density at radius 2 is 2.00 bits per heavy atom. The molecule has 0 radical (unpaired) electrons. The number of hydrogen-bond donors (Lipinski definition) is 1. The highest BCUT2D eigenvalue weighted by Crippen LogP contribution is 2.27. The summed E-state index contributed by atoms with van der Waals surface area (Å²) in [7, 11) is 0. The van der Waals surface area contributed by atoms with Gasteiger partial charge in [-0.1, -0.05) is 13.0 Å². The molecule has 0 saturated carbocycles. The Labute approximate surface area is 91.9 Å². The van der Waals surface area contributed by atoms with E-state index in [0.29, 0.717) is 0 Å². The summed E-state index contributed by atoms with van der Waals surface area (Å²) < 4.78 is 41.0. The molecule has 3 nitrogen and oxygen atoms in total. The predicted molar refractivity (Wildman–Crippen MR) is 51.6 cm³/mol. The molecule has 0 aliphatic carbocycles. The molecule has 0 aliphatic rings. The second-order valence-corrected chi connectivity index (χ2v) is 3.17. The van der Waals surface area contributed by atoms with E-state index in [1.165, 1.54) is 6.92 Å². The quantitative estimate of drug-likeness (QED) is 0.591. The first-order chi connectivity index (χ1) is 7.32. The van der Waals surface area contributed by atoms with E-state index in [0.717, 1.165) is 12.2 Å². The molecule has 6 heteroatoms. The highest BCUT2D eigenvalue weighted by Gasteiger charge is 2.41. The standard InChI is InChI=1S/C10H15F3O3/c1-3-7(9(15)10(11,12)13)5-6-8(14)16-4-2/h5-7,9,15H,3-4H2,1-2H3/b6-5+/t7-,9-/m1/s1. The molecule has 0 heterocycles. The van der Waals surface area contributed by atoms with Crippen molar-refractivity contribution < 1.29 is 27.8 Å². The van der Waals surface area contributed by atoms with E-state index < -0.39 is 24.2 Å². The number of alkyl halides is 3. The van der Waals surface area contributed by atoms with Gasteiger partial charge in [0.1, 0.15) is 0 Å². The minimum absolute atomic E-state index is 0.0799. The molecular weight excluding hydrogens is 225 g/mol. The average Bonchev–Trinajstić information content (AvgIpc) is 2.17.